The van der Waals surface area contributed by atoms with Crippen molar-refractivity contribution in [2.24, 2.45) is 0 Å². The monoisotopic (exact) mass is 362 g/mol. The van der Waals surface area contributed by atoms with Crippen molar-refractivity contribution < 1.29 is 9.47 Å². The van der Waals surface area contributed by atoms with E-state index >= 15 is 0 Å². The smallest absolute Gasteiger partial charge is 0.121 e. The lowest BCUT2D eigenvalue weighted by atomic mass is 10.0. The fraction of sp³-hybridized carbons (Fsp3) is 0.304. The highest BCUT2D eigenvalue weighted by atomic mass is 16.5. The molecule has 2 N–H and O–H groups in total. The van der Waals surface area contributed by atoms with Crippen LogP contribution in [0.5, 0.6) is 11.5 Å². The Kier molecular flexibility index (Phi) is 4.90. The summed E-state index contributed by atoms with van der Waals surface area (Å²) in [6, 6.07) is 12.7. The van der Waals surface area contributed by atoms with Crippen LogP contribution in [0.1, 0.15) is 28.8 Å². The average molecular weight is 362 g/mol. The summed E-state index contributed by atoms with van der Waals surface area (Å²) in [6.07, 6.45) is 4.38. The number of aryl methyl sites for hydroxylation is 1. The van der Waals surface area contributed by atoms with Gasteiger partial charge in [0, 0.05) is 29.2 Å². The van der Waals surface area contributed by atoms with Crippen molar-refractivity contribution in [3.8, 4) is 11.5 Å². The number of hydrogen-bond donors (Lipinski definition) is 2. The molecule has 2 aromatic carbocycles. The third kappa shape index (κ3) is 3.58. The van der Waals surface area contributed by atoms with E-state index in [1.54, 1.807) is 14.2 Å². The van der Waals surface area contributed by atoms with E-state index in [-0.39, 0.29) is 0 Å². The molecule has 1 heterocycles. The summed E-state index contributed by atoms with van der Waals surface area (Å²) in [4.78, 5) is 3.50. The first-order chi connectivity index (χ1) is 13.2. The van der Waals surface area contributed by atoms with Gasteiger partial charge in [0.05, 0.1) is 14.2 Å². The Morgan fingerprint density at radius 3 is 2.70 bits per heavy atom. The Bertz CT molecular complexity index is 1000. The molecule has 4 heteroatoms. The van der Waals surface area contributed by atoms with Gasteiger partial charge in [0.15, 0.2) is 0 Å². The highest BCUT2D eigenvalue weighted by molar-refractivity contribution is 5.85. The van der Waals surface area contributed by atoms with Gasteiger partial charge in [0.25, 0.3) is 0 Å². The van der Waals surface area contributed by atoms with Crippen LogP contribution >= 0.6 is 0 Å². The summed E-state index contributed by atoms with van der Waals surface area (Å²) >= 11 is 0. The largest absolute Gasteiger partial charge is 0.497 e. The number of ether oxygens (including phenoxy) is 2. The number of aromatic amines is 1. The zero-order valence-corrected chi connectivity index (χ0v) is 16.2. The number of H-pyrrole nitrogens is 1. The van der Waals surface area contributed by atoms with Crippen molar-refractivity contribution in [2.75, 3.05) is 20.8 Å². The SMILES string of the molecule is COc1ccc2c(c1)C(CCNCc1cc3c(C)cc(OC)cc3[nH]1)=CC2. The van der Waals surface area contributed by atoms with Gasteiger partial charge in [-0.3, -0.25) is 0 Å². The molecule has 0 aliphatic heterocycles. The maximum absolute atomic E-state index is 5.37. The van der Waals surface area contributed by atoms with Crippen molar-refractivity contribution in [1.82, 2.24) is 10.3 Å². The van der Waals surface area contributed by atoms with Gasteiger partial charge >= 0.3 is 0 Å². The van der Waals surface area contributed by atoms with E-state index in [1.165, 1.54) is 33.3 Å². The number of methoxy groups -OCH3 is 2. The van der Waals surface area contributed by atoms with E-state index in [0.717, 1.165) is 42.9 Å². The van der Waals surface area contributed by atoms with Crippen LogP contribution in [0.15, 0.2) is 42.5 Å². The molecule has 4 nitrogen and oxygen atoms in total. The zero-order valence-electron chi connectivity index (χ0n) is 16.2. The normalized spacial score (nSPS) is 12.9. The van der Waals surface area contributed by atoms with Crippen LogP contribution in [-0.4, -0.2) is 25.7 Å². The molecule has 4 rings (SSSR count). The summed E-state index contributed by atoms with van der Waals surface area (Å²) in [5.41, 5.74) is 7.70. The second kappa shape index (κ2) is 7.49. The molecule has 1 aromatic heterocycles. The van der Waals surface area contributed by atoms with Gasteiger partial charge in [-0.2, -0.15) is 0 Å². The number of aromatic nitrogens is 1. The third-order valence-electron chi connectivity index (χ3n) is 5.33. The Labute approximate surface area is 160 Å². The number of allylic oxidation sites excluding steroid dienone is 1. The molecule has 0 amide bonds. The van der Waals surface area contributed by atoms with E-state index in [9.17, 15) is 0 Å². The molecule has 1 aliphatic rings. The second-order valence-electron chi connectivity index (χ2n) is 7.08. The van der Waals surface area contributed by atoms with Crippen LogP contribution in [-0.2, 0) is 13.0 Å². The molecule has 1 aliphatic carbocycles. The zero-order chi connectivity index (χ0) is 18.8. The van der Waals surface area contributed by atoms with Gasteiger partial charge < -0.3 is 19.8 Å². The van der Waals surface area contributed by atoms with Crippen molar-refractivity contribution in [3.63, 3.8) is 0 Å². The molecular weight excluding hydrogens is 336 g/mol. The first kappa shape index (κ1) is 17.7. The lowest BCUT2D eigenvalue weighted by molar-refractivity contribution is 0.414. The van der Waals surface area contributed by atoms with E-state index in [4.69, 9.17) is 9.47 Å². The molecule has 0 saturated carbocycles. The number of nitrogens with one attached hydrogen (secondary N) is 2. The molecular formula is C23H26N2O2. The van der Waals surface area contributed by atoms with Crippen LogP contribution < -0.4 is 14.8 Å². The summed E-state index contributed by atoms with van der Waals surface area (Å²) in [5.74, 6) is 1.82. The summed E-state index contributed by atoms with van der Waals surface area (Å²) in [7, 11) is 3.43. The van der Waals surface area contributed by atoms with Crippen molar-refractivity contribution >= 4 is 16.5 Å². The van der Waals surface area contributed by atoms with Gasteiger partial charge in [-0.15, -0.1) is 0 Å². The maximum Gasteiger partial charge on any atom is 0.121 e. The minimum Gasteiger partial charge on any atom is -0.497 e. The molecule has 0 unspecified atom stereocenters. The van der Waals surface area contributed by atoms with E-state index in [2.05, 4.69) is 53.6 Å². The molecule has 0 saturated heterocycles. The summed E-state index contributed by atoms with van der Waals surface area (Å²) in [5, 5.41) is 4.82. The fourth-order valence-electron chi connectivity index (χ4n) is 3.84. The fourth-order valence-corrected chi connectivity index (χ4v) is 3.84. The standard InChI is InChI=1S/C23H26N2O2/c1-15-10-20(27-3)13-23-21(15)11-18(25-23)14-24-9-8-17-5-4-16-6-7-19(26-2)12-22(16)17/h5-7,10-13,24-25H,4,8-9,14H2,1-3H3. The van der Waals surface area contributed by atoms with E-state index in [1.807, 2.05) is 6.07 Å². The molecule has 3 aromatic rings. The van der Waals surface area contributed by atoms with Crippen LogP contribution in [0.4, 0.5) is 0 Å². The van der Waals surface area contributed by atoms with Gasteiger partial charge in [-0.05, 0) is 72.8 Å². The van der Waals surface area contributed by atoms with Gasteiger partial charge in [-0.1, -0.05) is 12.1 Å². The molecule has 0 radical (unpaired) electrons. The quantitative estimate of drug-likeness (QED) is 0.603. The van der Waals surface area contributed by atoms with Crippen LogP contribution in [0.2, 0.25) is 0 Å². The lowest BCUT2D eigenvalue weighted by Crippen LogP contribution is -2.15. The number of benzene rings is 2. The molecule has 0 atom stereocenters. The van der Waals surface area contributed by atoms with Crippen LogP contribution in [0.25, 0.3) is 16.5 Å². The Morgan fingerprint density at radius 1 is 1.04 bits per heavy atom. The Hall–Kier alpha value is -2.72. The van der Waals surface area contributed by atoms with Crippen molar-refractivity contribution in [1.29, 1.82) is 0 Å². The lowest BCUT2D eigenvalue weighted by Gasteiger charge is -2.09. The van der Waals surface area contributed by atoms with E-state index < -0.39 is 0 Å². The molecule has 27 heavy (non-hydrogen) atoms. The second-order valence-corrected chi connectivity index (χ2v) is 7.08. The minimum atomic E-state index is 0.828. The minimum absolute atomic E-state index is 0.828. The number of fused-ring (bicyclic) bond motifs is 2. The number of rotatable bonds is 7. The van der Waals surface area contributed by atoms with Crippen molar-refractivity contribution in [2.45, 2.75) is 26.3 Å². The average Bonchev–Trinajstić information content (AvgIpc) is 3.28. The Balaban J connectivity index is 1.36. The first-order valence-corrected chi connectivity index (χ1v) is 9.41. The predicted octanol–water partition coefficient (Wildman–Crippen LogP) is 4.61. The molecule has 140 valence electrons. The number of hydrogen-bond acceptors (Lipinski definition) is 3. The van der Waals surface area contributed by atoms with E-state index in [0.29, 0.717) is 0 Å². The topological polar surface area (TPSA) is 46.3 Å². The highest BCUT2D eigenvalue weighted by Crippen LogP contribution is 2.32. The first-order valence-electron chi connectivity index (χ1n) is 9.41. The summed E-state index contributed by atoms with van der Waals surface area (Å²) in [6.45, 7) is 3.89. The third-order valence-corrected chi connectivity index (χ3v) is 5.33. The summed E-state index contributed by atoms with van der Waals surface area (Å²) < 4.78 is 10.7. The maximum atomic E-state index is 5.37. The van der Waals surface area contributed by atoms with Gasteiger partial charge in [-0.25, -0.2) is 0 Å². The molecule has 0 fully saturated rings. The van der Waals surface area contributed by atoms with Crippen LogP contribution in [0.3, 0.4) is 0 Å². The molecule has 0 bridgehead atoms. The van der Waals surface area contributed by atoms with Crippen LogP contribution in [0, 0.1) is 6.92 Å². The van der Waals surface area contributed by atoms with Crippen molar-refractivity contribution in [3.05, 3.63) is 64.9 Å². The molecule has 0 spiro atoms. The Morgan fingerprint density at radius 2 is 1.89 bits per heavy atom. The van der Waals surface area contributed by atoms with Gasteiger partial charge in [0.1, 0.15) is 11.5 Å². The highest BCUT2D eigenvalue weighted by Gasteiger charge is 2.14. The predicted molar refractivity (Wildman–Crippen MR) is 111 cm³/mol. The van der Waals surface area contributed by atoms with Gasteiger partial charge in [0.2, 0.25) is 0 Å².